The molecule has 13 heteroatoms. The molecule has 0 aromatic heterocycles. The molecular formula is C20H22F12O. The number of rotatable bonds is 1. The minimum absolute atomic E-state index is 0.629. The third-order valence-electron chi connectivity index (χ3n) is 8.39. The van der Waals surface area contributed by atoms with Crippen LogP contribution >= 0.6 is 0 Å². The maximum Gasteiger partial charge on any atom is 0.392 e. The van der Waals surface area contributed by atoms with Crippen LogP contribution in [0.5, 0.6) is 0 Å². The van der Waals surface area contributed by atoms with E-state index in [9.17, 15) is 49.0 Å². The molecule has 0 bridgehead atoms. The van der Waals surface area contributed by atoms with Gasteiger partial charge in [-0.2, -0.15) is 13.2 Å². The molecule has 0 aliphatic heterocycles. The van der Waals surface area contributed by atoms with Crippen molar-refractivity contribution in [1.29, 1.82) is 0 Å². The lowest BCUT2D eigenvalue weighted by Crippen LogP contribution is -2.64. The summed E-state index contributed by atoms with van der Waals surface area (Å²) in [5.74, 6) is -15.2. The third-order valence-corrected chi connectivity index (χ3v) is 8.39. The molecule has 15 unspecified atom stereocenters. The fourth-order valence-corrected chi connectivity index (χ4v) is 7.13. The number of aliphatic hydroxyl groups is 1. The van der Waals surface area contributed by atoms with E-state index in [1.807, 2.05) is 0 Å². The molecule has 4 saturated carbocycles. The summed E-state index contributed by atoms with van der Waals surface area (Å²) in [4.78, 5) is 0. The van der Waals surface area contributed by atoms with E-state index in [2.05, 4.69) is 0 Å². The second-order valence-corrected chi connectivity index (χ2v) is 9.81. The van der Waals surface area contributed by atoms with Gasteiger partial charge in [0, 0.05) is 29.6 Å². The van der Waals surface area contributed by atoms with Crippen molar-refractivity contribution in [3.8, 4) is 0 Å². The highest BCUT2D eigenvalue weighted by molar-refractivity contribution is 5.24. The molecule has 0 aromatic carbocycles. The lowest BCUT2D eigenvalue weighted by molar-refractivity contribution is -0.253. The molecule has 0 spiro atoms. The lowest BCUT2D eigenvalue weighted by Gasteiger charge is -2.52. The molecule has 0 amide bonds. The fraction of sp³-hybridized carbons (Fsp3) is 1.00. The van der Waals surface area contributed by atoms with Gasteiger partial charge in [-0.1, -0.05) is 0 Å². The van der Waals surface area contributed by atoms with Crippen molar-refractivity contribution in [2.45, 2.75) is 86.6 Å². The smallest absolute Gasteiger partial charge is 0.389 e. The predicted octanol–water partition coefficient (Wildman–Crippen LogP) is 5.24. The van der Waals surface area contributed by atoms with Crippen molar-refractivity contribution in [2.75, 3.05) is 0 Å². The molecule has 1 N–H and O–H groups in total. The van der Waals surface area contributed by atoms with Gasteiger partial charge in [-0.15, -0.1) is 0 Å². The van der Waals surface area contributed by atoms with E-state index in [1.54, 1.807) is 0 Å². The summed E-state index contributed by atoms with van der Waals surface area (Å²) in [6.07, 6.45) is -35.8. The van der Waals surface area contributed by atoms with Crippen molar-refractivity contribution < 1.29 is 57.8 Å². The Morgan fingerprint density at radius 1 is 0.576 bits per heavy atom. The van der Waals surface area contributed by atoms with E-state index in [1.165, 1.54) is 0 Å². The van der Waals surface area contributed by atoms with E-state index in [-0.39, 0.29) is 0 Å². The first-order chi connectivity index (χ1) is 15.2. The summed E-state index contributed by atoms with van der Waals surface area (Å²) in [7, 11) is 0. The third kappa shape index (κ3) is 3.40. The van der Waals surface area contributed by atoms with Gasteiger partial charge in [0.05, 0.1) is 11.5 Å². The van der Waals surface area contributed by atoms with E-state index >= 15 is 8.78 Å². The van der Waals surface area contributed by atoms with Gasteiger partial charge in [-0.3, -0.25) is 0 Å². The van der Waals surface area contributed by atoms with Gasteiger partial charge in [0.2, 0.25) is 0 Å². The van der Waals surface area contributed by atoms with Crippen LogP contribution in [0.1, 0.15) is 19.3 Å². The molecule has 1 nitrogen and oxygen atoms in total. The summed E-state index contributed by atoms with van der Waals surface area (Å²) in [5, 5.41) is 11.5. The molecule has 4 aliphatic carbocycles. The monoisotopic (exact) mass is 506 g/mol. The number of alkyl halides is 12. The summed E-state index contributed by atoms with van der Waals surface area (Å²) in [5.41, 5.74) is -3.43. The van der Waals surface area contributed by atoms with Crippen LogP contribution in [-0.2, 0) is 0 Å². The topological polar surface area (TPSA) is 20.2 Å². The van der Waals surface area contributed by atoms with Crippen LogP contribution in [0.25, 0.3) is 0 Å². The quantitative estimate of drug-likeness (QED) is 0.483. The molecule has 0 aromatic rings. The molecule has 192 valence electrons. The highest BCUT2D eigenvalue weighted by Gasteiger charge is 2.78. The second-order valence-electron chi connectivity index (χ2n) is 9.81. The molecule has 4 rings (SSSR count). The zero-order chi connectivity index (χ0) is 24.8. The maximum atomic E-state index is 15.1. The van der Waals surface area contributed by atoms with E-state index < -0.39 is 122 Å². The van der Waals surface area contributed by atoms with Gasteiger partial charge < -0.3 is 5.11 Å². The van der Waals surface area contributed by atoms with Crippen LogP contribution in [0.2, 0.25) is 0 Å². The normalized spacial score (nSPS) is 59.7. The van der Waals surface area contributed by atoms with Crippen molar-refractivity contribution in [1.82, 2.24) is 0 Å². The Hall–Kier alpha value is -0.880. The van der Waals surface area contributed by atoms with Crippen LogP contribution in [-0.4, -0.2) is 72.4 Å². The second kappa shape index (κ2) is 8.08. The minimum Gasteiger partial charge on any atom is -0.389 e. The molecular weight excluding hydrogens is 484 g/mol. The Kier molecular flexibility index (Phi) is 6.17. The Morgan fingerprint density at radius 2 is 0.970 bits per heavy atom. The number of fused-ring (bicyclic) bond motifs is 3. The first-order valence-corrected chi connectivity index (χ1v) is 10.7. The zero-order valence-electron chi connectivity index (χ0n) is 16.8. The SMILES string of the molecule is OC1(C2CCC(F)CC2C(F)(F)F)C2C(F)C(F)C(F)C(F)C2C2C(F)C(F)C(F)C(F)C21. The predicted molar refractivity (Wildman–Crippen MR) is 89.9 cm³/mol. The van der Waals surface area contributed by atoms with Crippen molar-refractivity contribution in [3.63, 3.8) is 0 Å². The molecule has 0 radical (unpaired) electrons. The van der Waals surface area contributed by atoms with Crippen LogP contribution in [0.4, 0.5) is 52.7 Å². The molecule has 15 atom stereocenters. The van der Waals surface area contributed by atoms with E-state index in [0.717, 1.165) is 0 Å². The lowest BCUT2D eigenvalue weighted by atomic mass is 9.59. The van der Waals surface area contributed by atoms with Gasteiger partial charge >= 0.3 is 6.18 Å². The molecule has 4 aliphatic rings. The molecule has 0 saturated heterocycles. The largest absolute Gasteiger partial charge is 0.392 e. The van der Waals surface area contributed by atoms with Crippen LogP contribution in [0, 0.1) is 35.5 Å². The van der Waals surface area contributed by atoms with Crippen LogP contribution < -0.4 is 0 Å². The van der Waals surface area contributed by atoms with Gasteiger partial charge in [0.25, 0.3) is 0 Å². The van der Waals surface area contributed by atoms with Crippen molar-refractivity contribution in [2.24, 2.45) is 35.5 Å². The Labute approximate surface area is 180 Å². The van der Waals surface area contributed by atoms with Gasteiger partial charge in [0.15, 0.2) is 24.7 Å². The minimum atomic E-state index is -5.25. The first-order valence-electron chi connectivity index (χ1n) is 10.7. The molecule has 33 heavy (non-hydrogen) atoms. The van der Waals surface area contributed by atoms with Gasteiger partial charge in [0.1, 0.15) is 30.9 Å². The summed E-state index contributed by atoms with van der Waals surface area (Å²) in [6, 6.07) is 0. The highest BCUT2D eigenvalue weighted by Crippen LogP contribution is 2.67. The number of hydrogen-bond donors (Lipinski definition) is 1. The van der Waals surface area contributed by atoms with E-state index in [4.69, 9.17) is 0 Å². The summed E-state index contributed by atoms with van der Waals surface area (Å²) in [6.45, 7) is 0. The Balaban J connectivity index is 1.91. The van der Waals surface area contributed by atoms with E-state index in [0.29, 0.717) is 0 Å². The highest BCUT2D eigenvalue weighted by atomic mass is 19.4. The van der Waals surface area contributed by atoms with Gasteiger partial charge in [-0.25, -0.2) is 39.5 Å². The maximum absolute atomic E-state index is 15.1. The Bertz CT molecular complexity index is 696. The average molecular weight is 506 g/mol. The first kappa shape index (κ1) is 25.2. The molecule has 4 fully saturated rings. The zero-order valence-corrected chi connectivity index (χ0v) is 16.8. The standard InChI is InChI=1S/C20H22F12O/c21-4-1-2-5(6(3-4)20(30,31)32)19(33)9-7(11(22)15(26)17(28)13(9)24)8-10(19)14(25)18(29)16(27)12(8)23/h4-18,33H,1-3H2. The summed E-state index contributed by atoms with van der Waals surface area (Å²) >= 11 is 0. The van der Waals surface area contributed by atoms with Crippen molar-refractivity contribution >= 4 is 0 Å². The summed E-state index contributed by atoms with van der Waals surface area (Å²) < 4.78 is 172. The van der Waals surface area contributed by atoms with Crippen LogP contribution in [0.3, 0.4) is 0 Å². The number of hydrogen-bond acceptors (Lipinski definition) is 1. The fourth-order valence-electron chi connectivity index (χ4n) is 7.13. The van der Waals surface area contributed by atoms with Crippen LogP contribution in [0.15, 0.2) is 0 Å². The average Bonchev–Trinajstić information content (AvgIpc) is 3.02. The number of halogens is 12. The Morgan fingerprint density at radius 3 is 1.36 bits per heavy atom. The van der Waals surface area contributed by atoms with Gasteiger partial charge in [-0.05, 0) is 19.3 Å². The van der Waals surface area contributed by atoms with Crippen molar-refractivity contribution in [3.05, 3.63) is 0 Å². The molecule has 0 heterocycles.